The molecule has 2 atom stereocenters. The summed E-state index contributed by atoms with van der Waals surface area (Å²) in [6.45, 7) is 9.10. The van der Waals surface area contributed by atoms with E-state index in [0.29, 0.717) is 12.1 Å². The summed E-state index contributed by atoms with van der Waals surface area (Å²) in [5.74, 6) is 0.942. The molecule has 0 aromatic carbocycles. The number of hydrogen-bond acceptors (Lipinski definition) is 5. The highest BCUT2D eigenvalue weighted by molar-refractivity contribution is 5.38. The lowest BCUT2D eigenvalue weighted by atomic mass is 9.98. The molecule has 5 rings (SSSR count). The molecule has 3 aliphatic heterocycles. The Morgan fingerprint density at radius 1 is 1.23 bits per heavy atom. The maximum Gasteiger partial charge on any atom is 0.225 e. The number of nitrogens with zero attached hydrogens (tertiary/aromatic N) is 6. The molecule has 6 nitrogen and oxygen atoms in total. The van der Waals surface area contributed by atoms with Gasteiger partial charge < -0.3 is 4.90 Å². The van der Waals surface area contributed by atoms with Gasteiger partial charge in [0.2, 0.25) is 5.95 Å². The summed E-state index contributed by atoms with van der Waals surface area (Å²) >= 11 is 0. The SMILES string of the molecule is C=Cn1ncc(CN2[C@H]3CC[C@H]2c2cnc(N4CCCC4)nc2C3)c1C. The van der Waals surface area contributed by atoms with Crippen molar-refractivity contribution in [2.24, 2.45) is 0 Å². The highest BCUT2D eigenvalue weighted by Gasteiger charge is 2.41. The van der Waals surface area contributed by atoms with Gasteiger partial charge in [0.25, 0.3) is 0 Å². The van der Waals surface area contributed by atoms with Crippen molar-refractivity contribution in [1.82, 2.24) is 24.6 Å². The van der Waals surface area contributed by atoms with Crippen molar-refractivity contribution in [2.75, 3.05) is 18.0 Å². The first-order chi connectivity index (χ1) is 12.7. The molecule has 0 amide bonds. The van der Waals surface area contributed by atoms with Gasteiger partial charge in [-0.2, -0.15) is 5.10 Å². The molecule has 2 aromatic heterocycles. The molecule has 2 fully saturated rings. The standard InChI is InChI=1S/C20H26N6/c1-3-26-14(2)15(11-22-26)13-25-16-6-7-19(25)17-12-21-20(23-18(17)10-16)24-8-4-5-9-24/h3,11-12,16,19H,1,4-10,13H2,2H3/t16-,19-/m0/s1. The third-order valence-corrected chi connectivity index (χ3v) is 6.38. The Labute approximate surface area is 154 Å². The molecule has 2 saturated heterocycles. The van der Waals surface area contributed by atoms with Gasteiger partial charge in [-0.3, -0.25) is 4.90 Å². The van der Waals surface area contributed by atoms with Gasteiger partial charge in [0, 0.05) is 67.4 Å². The van der Waals surface area contributed by atoms with E-state index in [4.69, 9.17) is 9.97 Å². The average molecular weight is 350 g/mol. The Morgan fingerprint density at radius 2 is 2.08 bits per heavy atom. The lowest BCUT2D eigenvalue weighted by Crippen LogP contribution is -2.38. The van der Waals surface area contributed by atoms with Crippen molar-refractivity contribution in [3.05, 3.63) is 41.5 Å². The second-order valence-corrected chi connectivity index (χ2v) is 7.77. The van der Waals surface area contributed by atoms with Crippen molar-refractivity contribution < 1.29 is 0 Å². The molecule has 0 unspecified atom stereocenters. The largest absolute Gasteiger partial charge is 0.341 e. The number of aromatic nitrogens is 4. The van der Waals surface area contributed by atoms with Crippen molar-refractivity contribution >= 4 is 12.1 Å². The molecule has 136 valence electrons. The predicted octanol–water partition coefficient (Wildman–Crippen LogP) is 2.94. The van der Waals surface area contributed by atoms with E-state index < -0.39 is 0 Å². The topological polar surface area (TPSA) is 50.1 Å². The molecule has 0 aliphatic carbocycles. The van der Waals surface area contributed by atoms with Crippen LogP contribution < -0.4 is 4.90 Å². The average Bonchev–Trinajstić information content (AvgIpc) is 3.36. The van der Waals surface area contributed by atoms with Crippen molar-refractivity contribution in [3.63, 3.8) is 0 Å². The second kappa shape index (κ2) is 6.20. The normalized spacial score (nSPS) is 24.9. The zero-order chi connectivity index (χ0) is 17.7. The van der Waals surface area contributed by atoms with Gasteiger partial charge >= 0.3 is 0 Å². The summed E-state index contributed by atoms with van der Waals surface area (Å²) < 4.78 is 1.86. The Hall–Kier alpha value is -2.21. The number of fused-ring (bicyclic) bond motifs is 4. The fourth-order valence-electron chi connectivity index (χ4n) is 4.87. The van der Waals surface area contributed by atoms with Gasteiger partial charge in [-0.15, -0.1) is 0 Å². The smallest absolute Gasteiger partial charge is 0.225 e. The van der Waals surface area contributed by atoms with Gasteiger partial charge in [0.05, 0.1) is 11.9 Å². The van der Waals surface area contributed by atoms with Crippen LogP contribution >= 0.6 is 0 Å². The van der Waals surface area contributed by atoms with Crippen LogP contribution in [0.2, 0.25) is 0 Å². The van der Waals surface area contributed by atoms with Crippen LogP contribution in [0.4, 0.5) is 5.95 Å². The monoisotopic (exact) mass is 350 g/mol. The Bertz CT molecular complexity index is 835. The molecule has 0 spiro atoms. The minimum Gasteiger partial charge on any atom is -0.341 e. The first-order valence-corrected chi connectivity index (χ1v) is 9.76. The summed E-state index contributed by atoms with van der Waals surface area (Å²) in [5.41, 5.74) is 5.10. The van der Waals surface area contributed by atoms with Crippen LogP contribution in [0.5, 0.6) is 0 Å². The van der Waals surface area contributed by atoms with Gasteiger partial charge in [0.1, 0.15) is 0 Å². The van der Waals surface area contributed by atoms with Gasteiger partial charge in [-0.1, -0.05) is 6.58 Å². The number of rotatable bonds is 4. The highest BCUT2D eigenvalue weighted by atomic mass is 15.3. The first-order valence-electron chi connectivity index (χ1n) is 9.76. The summed E-state index contributed by atoms with van der Waals surface area (Å²) in [6, 6.07) is 1.03. The van der Waals surface area contributed by atoms with Crippen molar-refractivity contribution in [1.29, 1.82) is 0 Å². The molecule has 3 aliphatic rings. The van der Waals surface area contributed by atoms with E-state index in [-0.39, 0.29) is 0 Å². The molecule has 26 heavy (non-hydrogen) atoms. The highest BCUT2D eigenvalue weighted by Crippen LogP contribution is 2.44. The zero-order valence-corrected chi connectivity index (χ0v) is 15.4. The molecular weight excluding hydrogens is 324 g/mol. The van der Waals surface area contributed by atoms with Gasteiger partial charge in [0.15, 0.2) is 0 Å². The lowest BCUT2D eigenvalue weighted by Gasteiger charge is -2.35. The van der Waals surface area contributed by atoms with Gasteiger partial charge in [-0.25, -0.2) is 14.6 Å². The molecule has 0 N–H and O–H groups in total. The minimum atomic E-state index is 0.447. The predicted molar refractivity (Wildman–Crippen MR) is 102 cm³/mol. The van der Waals surface area contributed by atoms with Gasteiger partial charge in [-0.05, 0) is 32.6 Å². The fourth-order valence-corrected chi connectivity index (χ4v) is 4.87. The number of anilines is 1. The molecule has 0 radical (unpaired) electrons. The Morgan fingerprint density at radius 3 is 2.85 bits per heavy atom. The summed E-state index contributed by atoms with van der Waals surface area (Å²) in [7, 11) is 0. The van der Waals surface area contributed by atoms with E-state index in [9.17, 15) is 0 Å². The lowest BCUT2D eigenvalue weighted by molar-refractivity contribution is 0.166. The van der Waals surface area contributed by atoms with Crippen LogP contribution in [-0.4, -0.2) is 43.8 Å². The van der Waals surface area contributed by atoms with Crippen LogP contribution in [0.1, 0.15) is 54.2 Å². The molecule has 6 heteroatoms. The first kappa shape index (κ1) is 16.0. The van der Waals surface area contributed by atoms with Crippen LogP contribution in [0.15, 0.2) is 19.0 Å². The molecule has 2 aromatic rings. The van der Waals surface area contributed by atoms with Crippen LogP contribution in [-0.2, 0) is 13.0 Å². The van der Waals surface area contributed by atoms with E-state index in [0.717, 1.165) is 32.0 Å². The van der Waals surface area contributed by atoms with E-state index in [1.165, 1.54) is 48.2 Å². The quantitative estimate of drug-likeness (QED) is 0.848. The minimum absolute atomic E-state index is 0.447. The third kappa shape index (κ3) is 2.47. The van der Waals surface area contributed by atoms with E-state index in [1.54, 1.807) is 6.20 Å². The Kier molecular flexibility index (Phi) is 3.81. The van der Waals surface area contributed by atoms with Crippen LogP contribution in [0.3, 0.4) is 0 Å². The second-order valence-electron chi connectivity index (χ2n) is 7.77. The maximum atomic E-state index is 4.97. The van der Waals surface area contributed by atoms with E-state index >= 15 is 0 Å². The molecular formula is C20H26N6. The van der Waals surface area contributed by atoms with Crippen molar-refractivity contribution in [3.8, 4) is 0 Å². The zero-order valence-electron chi connectivity index (χ0n) is 15.4. The summed E-state index contributed by atoms with van der Waals surface area (Å²) in [5, 5.41) is 4.41. The maximum absolute atomic E-state index is 4.97. The number of hydrogen-bond donors (Lipinski definition) is 0. The molecule has 5 heterocycles. The fraction of sp³-hybridized carbons (Fsp3) is 0.550. The van der Waals surface area contributed by atoms with Crippen LogP contribution in [0.25, 0.3) is 6.20 Å². The van der Waals surface area contributed by atoms with E-state index in [2.05, 4.69) is 34.6 Å². The Balaban J connectivity index is 1.42. The van der Waals surface area contributed by atoms with E-state index in [1.807, 2.05) is 10.9 Å². The summed E-state index contributed by atoms with van der Waals surface area (Å²) in [4.78, 5) is 14.7. The third-order valence-electron chi connectivity index (χ3n) is 6.38. The van der Waals surface area contributed by atoms with Crippen molar-refractivity contribution in [2.45, 2.75) is 57.7 Å². The molecule has 2 bridgehead atoms. The van der Waals surface area contributed by atoms with Crippen LogP contribution in [0, 0.1) is 6.92 Å². The molecule has 0 saturated carbocycles. The summed E-state index contributed by atoms with van der Waals surface area (Å²) in [6.07, 6.45) is 11.9.